The Morgan fingerprint density at radius 2 is 2.05 bits per heavy atom. The third kappa shape index (κ3) is 2.92. The van der Waals surface area contributed by atoms with Gasteiger partial charge in [-0.3, -0.25) is 16.3 Å². The second kappa shape index (κ2) is 6.10. The lowest BCUT2D eigenvalue weighted by molar-refractivity contribution is 0.0326. The van der Waals surface area contributed by atoms with Crippen LogP contribution < -0.4 is 11.3 Å². The fourth-order valence-corrected chi connectivity index (χ4v) is 2.46. The van der Waals surface area contributed by atoms with Crippen LogP contribution in [0.15, 0.2) is 36.5 Å². The number of pyridine rings is 1. The van der Waals surface area contributed by atoms with Gasteiger partial charge in [0, 0.05) is 18.7 Å². The number of aromatic nitrogens is 1. The van der Waals surface area contributed by atoms with Crippen molar-refractivity contribution in [2.75, 3.05) is 7.11 Å². The van der Waals surface area contributed by atoms with Crippen LogP contribution in [0.3, 0.4) is 0 Å². The molecule has 0 spiro atoms. The van der Waals surface area contributed by atoms with Crippen LogP contribution in [0.1, 0.15) is 25.5 Å². The highest BCUT2D eigenvalue weighted by atomic mass is 16.5. The molecule has 19 heavy (non-hydrogen) atoms. The Labute approximate surface area is 113 Å². The average molecular weight is 259 g/mol. The van der Waals surface area contributed by atoms with Crippen LogP contribution in [0.25, 0.3) is 10.9 Å². The normalized spacial score (nSPS) is 14.8. The van der Waals surface area contributed by atoms with Gasteiger partial charge in [-0.1, -0.05) is 26.0 Å². The van der Waals surface area contributed by atoms with Crippen molar-refractivity contribution in [3.8, 4) is 0 Å². The Kier molecular flexibility index (Phi) is 4.47. The predicted octanol–water partition coefficient (Wildman–Crippen LogP) is 2.41. The lowest BCUT2D eigenvalue weighted by atomic mass is 9.93. The minimum atomic E-state index is -0.0328. The molecule has 0 aliphatic rings. The summed E-state index contributed by atoms with van der Waals surface area (Å²) in [5, 5.41) is 1.11. The van der Waals surface area contributed by atoms with E-state index in [9.17, 15) is 0 Å². The molecule has 4 heteroatoms. The summed E-state index contributed by atoms with van der Waals surface area (Å²) in [5.41, 5.74) is 4.97. The topological polar surface area (TPSA) is 60.2 Å². The molecule has 0 bridgehead atoms. The zero-order valence-corrected chi connectivity index (χ0v) is 11.6. The van der Waals surface area contributed by atoms with E-state index in [0.29, 0.717) is 5.92 Å². The van der Waals surface area contributed by atoms with E-state index in [-0.39, 0.29) is 12.1 Å². The Hall–Kier alpha value is -1.49. The van der Waals surface area contributed by atoms with E-state index in [1.165, 1.54) is 0 Å². The molecule has 0 aliphatic carbocycles. The summed E-state index contributed by atoms with van der Waals surface area (Å²) in [4.78, 5) is 4.32. The number of rotatable bonds is 5. The highest BCUT2D eigenvalue weighted by Crippen LogP contribution is 2.26. The van der Waals surface area contributed by atoms with Gasteiger partial charge < -0.3 is 4.74 Å². The second-order valence-corrected chi connectivity index (χ2v) is 5.04. The molecule has 0 amide bonds. The van der Waals surface area contributed by atoms with E-state index in [2.05, 4.69) is 36.4 Å². The van der Waals surface area contributed by atoms with Crippen LogP contribution >= 0.6 is 0 Å². The van der Waals surface area contributed by atoms with Crippen molar-refractivity contribution in [3.63, 3.8) is 0 Å². The zero-order valence-electron chi connectivity index (χ0n) is 11.6. The van der Waals surface area contributed by atoms with Gasteiger partial charge in [-0.05, 0) is 29.7 Å². The third-order valence-corrected chi connectivity index (χ3v) is 3.42. The summed E-state index contributed by atoms with van der Waals surface area (Å²) < 4.78 is 5.57. The van der Waals surface area contributed by atoms with Gasteiger partial charge in [0.15, 0.2) is 0 Å². The highest BCUT2D eigenvalue weighted by Gasteiger charge is 2.25. The first-order valence-corrected chi connectivity index (χ1v) is 6.51. The van der Waals surface area contributed by atoms with Crippen LogP contribution in [0, 0.1) is 5.92 Å². The molecule has 102 valence electrons. The summed E-state index contributed by atoms with van der Waals surface area (Å²) in [7, 11) is 1.72. The third-order valence-electron chi connectivity index (χ3n) is 3.42. The standard InChI is InChI=1S/C15H21N3O/c1-10(2)15(19-3)14(18-16)12-6-7-13-11(9-12)5-4-8-17-13/h4-10,14-15,18H,16H2,1-3H3. The summed E-state index contributed by atoms with van der Waals surface area (Å²) >= 11 is 0. The minimum absolute atomic E-state index is 0.0270. The number of nitrogens with zero attached hydrogens (tertiary/aromatic N) is 1. The molecule has 0 radical (unpaired) electrons. The minimum Gasteiger partial charge on any atom is -0.379 e. The molecule has 4 nitrogen and oxygen atoms in total. The van der Waals surface area contributed by atoms with Gasteiger partial charge in [-0.15, -0.1) is 0 Å². The Morgan fingerprint density at radius 3 is 2.68 bits per heavy atom. The number of hydrogen-bond donors (Lipinski definition) is 2. The molecule has 0 saturated carbocycles. The van der Waals surface area contributed by atoms with Crippen LogP contribution in [-0.2, 0) is 4.74 Å². The van der Waals surface area contributed by atoms with Crippen molar-refractivity contribution in [1.82, 2.24) is 10.4 Å². The van der Waals surface area contributed by atoms with Crippen LogP contribution in [0.4, 0.5) is 0 Å². The van der Waals surface area contributed by atoms with E-state index >= 15 is 0 Å². The van der Waals surface area contributed by atoms with Crippen molar-refractivity contribution in [1.29, 1.82) is 0 Å². The molecule has 0 saturated heterocycles. The fourth-order valence-electron chi connectivity index (χ4n) is 2.46. The maximum Gasteiger partial charge on any atom is 0.0801 e. The van der Waals surface area contributed by atoms with Gasteiger partial charge in [0.1, 0.15) is 0 Å². The molecule has 2 unspecified atom stereocenters. The molecule has 1 aromatic carbocycles. The molecule has 2 atom stereocenters. The van der Waals surface area contributed by atoms with E-state index < -0.39 is 0 Å². The van der Waals surface area contributed by atoms with E-state index in [0.717, 1.165) is 16.5 Å². The van der Waals surface area contributed by atoms with Gasteiger partial charge in [0.05, 0.1) is 17.7 Å². The van der Waals surface area contributed by atoms with Gasteiger partial charge in [0.2, 0.25) is 0 Å². The number of methoxy groups -OCH3 is 1. The van der Waals surface area contributed by atoms with E-state index in [1.807, 2.05) is 18.2 Å². The monoisotopic (exact) mass is 259 g/mol. The number of nitrogens with two attached hydrogens (primary N) is 1. The molecule has 2 aromatic rings. The maximum atomic E-state index is 5.72. The van der Waals surface area contributed by atoms with Crippen molar-refractivity contribution < 1.29 is 4.74 Å². The van der Waals surface area contributed by atoms with Crippen molar-refractivity contribution in [2.45, 2.75) is 26.0 Å². The lowest BCUT2D eigenvalue weighted by Crippen LogP contribution is -2.40. The van der Waals surface area contributed by atoms with Crippen LogP contribution in [0.5, 0.6) is 0 Å². The Morgan fingerprint density at radius 1 is 1.26 bits per heavy atom. The summed E-state index contributed by atoms with van der Waals surface area (Å²) in [6.07, 6.45) is 1.83. The Bertz CT molecular complexity index is 542. The largest absolute Gasteiger partial charge is 0.379 e. The summed E-state index contributed by atoms with van der Waals surface area (Å²) in [5.74, 6) is 6.09. The van der Waals surface area contributed by atoms with Crippen molar-refractivity contribution in [3.05, 3.63) is 42.1 Å². The van der Waals surface area contributed by atoms with E-state index in [1.54, 1.807) is 13.3 Å². The first-order valence-electron chi connectivity index (χ1n) is 6.51. The molecular formula is C15H21N3O. The Balaban J connectivity index is 2.40. The van der Waals surface area contributed by atoms with E-state index in [4.69, 9.17) is 10.6 Å². The molecule has 2 rings (SSSR count). The smallest absolute Gasteiger partial charge is 0.0801 e. The van der Waals surface area contributed by atoms with Crippen molar-refractivity contribution in [2.24, 2.45) is 11.8 Å². The van der Waals surface area contributed by atoms with Gasteiger partial charge in [-0.2, -0.15) is 0 Å². The SMILES string of the molecule is COC(C(C)C)C(NN)c1ccc2ncccc2c1. The molecule has 0 fully saturated rings. The molecule has 3 N–H and O–H groups in total. The van der Waals surface area contributed by atoms with Crippen LogP contribution in [0.2, 0.25) is 0 Å². The summed E-state index contributed by atoms with van der Waals surface area (Å²) in [6.45, 7) is 4.25. The van der Waals surface area contributed by atoms with Crippen LogP contribution in [-0.4, -0.2) is 18.2 Å². The lowest BCUT2D eigenvalue weighted by Gasteiger charge is -2.29. The van der Waals surface area contributed by atoms with Crippen molar-refractivity contribution >= 4 is 10.9 Å². The zero-order chi connectivity index (χ0) is 13.8. The molecule has 1 aromatic heterocycles. The molecule has 0 aliphatic heterocycles. The number of fused-ring (bicyclic) bond motifs is 1. The predicted molar refractivity (Wildman–Crippen MR) is 77.4 cm³/mol. The highest BCUT2D eigenvalue weighted by molar-refractivity contribution is 5.79. The number of hydrogen-bond acceptors (Lipinski definition) is 4. The summed E-state index contributed by atoms with van der Waals surface area (Å²) in [6, 6.07) is 10.1. The first-order chi connectivity index (χ1) is 9.17. The molecular weight excluding hydrogens is 238 g/mol. The number of ether oxygens (including phenoxy) is 1. The quantitative estimate of drug-likeness (QED) is 0.639. The molecule has 1 heterocycles. The maximum absolute atomic E-state index is 5.72. The van der Waals surface area contributed by atoms with Gasteiger partial charge in [-0.25, -0.2) is 0 Å². The average Bonchev–Trinajstić information content (AvgIpc) is 2.43. The van der Waals surface area contributed by atoms with Gasteiger partial charge >= 0.3 is 0 Å². The number of nitrogens with one attached hydrogen (secondary N) is 1. The van der Waals surface area contributed by atoms with Gasteiger partial charge in [0.25, 0.3) is 0 Å². The second-order valence-electron chi connectivity index (χ2n) is 5.04. The number of hydrazine groups is 1. The fraction of sp³-hybridized carbons (Fsp3) is 0.400. The first kappa shape index (κ1) is 13.9. The number of benzene rings is 1.